The van der Waals surface area contributed by atoms with Crippen molar-refractivity contribution in [2.75, 3.05) is 6.54 Å². The summed E-state index contributed by atoms with van der Waals surface area (Å²) in [6.45, 7) is 4.89. The number of hydrogen-bond acceptors (Lipinski definition) is 2. The molecule has 1 fully saturated rings. The summed E-state index contributed by atoms with van der Waals surface area (Å²) in [7, 11) is 0. The normalized spacial score (nSPS) is 16.9. The summed E-state index contributed by atoms with van der Waals surface area (Å²) in [5.41, 5.74) is 0.680. The van der Waals surface area contributed by atoms with E-state index in [-0.39, 0.29) is 17.1 Å². The van der Waals surface area contributed by atoms with Gasteiger partial charge in [0.25, 0.3) is 0 Å². The van der Waals surface area contributed by atoms with Gasteiger partial charge in [-0.05, 0) is 36.5 Å². The molecule has 1 saturated carbocycles. The summed E-state index contributed by atoms with van der Waals surface area (Å²) in [5.74, 6) is 0.832. The van der Waals surface area contributed by atoms with Gasteiger partial charge in [-0.15, -0.1) is 0 Å². The van der Waals surface area contributed by atoms with Crippen LogP contribution in [0, 0.1) is 5.92 Å². The molecule has 1 aromatic rings. The number of rotatable bonds is 4. The fourth-order valence-corrected chi connectivity index (χ4v) is 2.02. The Morgan fingerprint density at radius 3 is 2.41 bits per heavy atom. The van der Waals surface area contributed by atoms with Gasteiger partial charge in [0, 0.05) is 6.54 Å². The van der Waals surface area contributed by atoms with Crippen LogP contribution in [-0.4, -0.2) is 17.6 Å². The lowest BCUT2D eigenvalue weighted by atomic mass is 9.94. The second-order valence-electron chi connectivity index (χ2n) is 5.23. The van der Waals surface area contributed by atoms with Crippen LogP contribution in [0.15, 0.2) is 24.3 Å². The van der Waals surface area contributed by atoms with Crippen molar-refractivity contribution in [1.29, 1.82) is 0 Å². The highest BCUT2D eigenvalue weighted by Crippen LogP contribution is 2.48. The second-order valence-corrected chi connectivity index (χ2v) is 5.23. The Kier molecular flexibility index (Phi) is 3.09. The van der Waals surface area contributed by atoms with Gasteiger partial charge in [-0.2, -0.15) is 0 Å². The molecule has 1 aliphatic carbocycles. The van der Waals surface area contributed by atoms with Gasteiger partial charge in [-0.25, -0.2) is 0 Å². The van der Waals surface area contributed by atoms with Crippen molar-refractivity contribution in [2.45, 2.75) is 32.1 Å². The highest BCUT2D eigenvalue weighted by molar-refractivity contribution is 5.91. The SMILES string of the molecule is CC(C)CNC(=O)C1(c2ccc(O)cc2)CC1. The zero-order valence-corrected chi connectivity index (χ0v) is 10.4. The largest absolute Gasteiger partial charge is 0.508 e. The Morgan fingerprint density at radius 1 is 1.35 bits per heavy atom. The molecule has 1 aliphatic rings. The van der Waals surface area contributed by atoms with E-state index in [9.17, 15) is 9.90 Å². The van der Waals surface area contributed by atoms with Crippen LogP contribution >= 0.6 is 0 Å². The molecule has 0 saturated heterocycles. The molecule has 17 heavy (non-hydrogen) atoms. The number of phenolic OH excluding ortho intramolecular Hbond substituents is 1. The molecule has 0 aliphatic heterocycles. The number of aromatic hydroxyl groups is 1. The summed E-state index contributed by atoms with van der Waals surface area (Å²) in [6, 6.07) is 6.98. The van der Waals surface area contributed by atoms with Crippen molar-refractivity contribution in [3.8, 4) is 5.75 Å². The van der Waals surface area contributed by atoms with Crippen LogP contribution in [0.3, 0.4) is 0 Å². The van der Waals surface area contributed by atoms with Crippen LogP contribution < -0.4 is 5.32 Å². The van der Waals surface area contributed by atoms with Gasteiger partial charge in [-0.1, -0.05) is 26.0 Å². The monoisotopic (exact) mass is 233 g/mol. The van der Waals surface area contributed by atoms with Crippen LogP contribution in [0.4, 0.5) is 0 Å². The molecule has 0 heterocycles. The minimum Gasteiger partial charge on any atom is -0.508 e. The Morgan fingerprint density at radius 2 is 1.94 bits per heavy atom. The summed E-state index contributed by atoms with van der Waals surface area (Å²) in [5, 5.41) is 12.3. The molecule has 2 N–H and O–H groups in total. The molecule has 0 aromatic heterocycles. The first-order valence-corrected chi connectivity index (χ1v) is 6.12. The Balaban J connectivity index is 2.08. The van der Waals surface area contributed by atoms with Crippen LogP contribution in [0.2, 0.25) is 0 Å². The number of nitrogens with one attached hydrogen (secondary N) is 1. The predicted octanol–water partition coefficient (Wildman–Crippen LogP) is 2.20. The van der Waals surface area contributed by atoms with Gasteiger partial charge < -0.3 is 10.4 Å². The molecule has 0 atom stereocenters. The molecule has 2 rings (SSSR count). The van der Waals surface area contributed by atoms with Crippen LogP contribution in [-0.2, 0) is 10.2 Å². The first-order valence-electron chi connectivity index (χ1n) is 6.12. The van der Waals surface area contributed by atoms with Crippen molar-refractivity contribution in [3.63, 3.8) is 0 Å². The maximum absolute atomic E-state index is 12.1. The van der Waals surface area contributed by atoms with E-state index in [0.717, 1.165) is 24.9 Å². The molecule has 0 radical (unpaired) electrons. The fourth-order valence-electron chi connectivity index (χ4n) is 2.02. The summed E-state index contributed by atoms with van der Waals surface area (Å²) >= 11 is 0. The third-order valence-electron chi connectivity index (χ3n) is 3.28. The third-order valence-corrected chi connectivity index (χ3v) is 3.28. The Hall–Kier alpha value is -1.51. The predicted molar refractivity (Wildman–Crippen MR) is 66.9 cm³/mol. The topological polar surface area (TPSA) is 49.3 Å². The quantitative estimate of drug-likeness (QED) is 0.837. The van der Waals surface area contributed by atoms with Crippen molar-refractivity contribution in [3.05, 3.63) is 29.8 Å². The third kappa shape index (κ3) is 2.43. The molecule has 3 heteroatoms. The van der Waals surface area contributed by atoms with Crippen molar-refractivity contribution in [1.82, 2.24) is 5.32 Å². The van der Waals surface area contributed by atoms with Crippen LogP contribution in [0.25, 0.3) is 0 Å². The second kappa shape index (κ2) is 4.40. The molecule has 0 bridgehead atoms. The molecule has 0 spiro atoms. The van der Waals surface area contributed by atoms with Crippen molar-refractivity contribution >= 4 is 5.91 Å². The van der Waals surface area contributed by atoms with E-state index in [1.54, 1.807) is 12.1 Å². The molecule has 0 unspecified atom stereocenters. The van der Waals surface area contributed by atoms with E-state index in [1.165, 1.54) is 0 Å². The number of carbonyl (C=O) groups excluding carboxylic acids is 1. The maximum Gasteiger partial charge on any atom is 0.230 e. The van der Waals surface area contributed by atoms with E-state index in [2.05, 4.69) is 19.2 Å². The molecular weight excluding hydrogens is 214 g/mol. The molecule has 1 aromatic carbocycles. The van der Waals surface area contributed by atoms with Gasteiger partial charge in [0.05, 0.1) is 5.41 Å². The lowest BCUT2D eigenvalue weighted by Gasteiger charge is -2.16. The van der Waals surface area contributed by atoms with Gasteiger partial charge in [0.15, 0.2) is 0 Å². The Bertz CT molecular complexity index is 405. The number of amides is 1. The highest BCUT2D eigenvalue weighted by atomic mass is 16.3. The fraction of sp³-hybridized carbons (Fsp3) is 0.500. The van der Waals surface area contributed by atoms with Gasteiger partial charge in [0.2, 0.25) is 5.91 Å². The molecule has 92 valence electrons. The van der Waals surface area contributed by atoms with Gasteiger partial charge in [0.1, 0.15) is 5.75 Å². The zero-order chi connectivity index (χ0) is 12.5. The van der Waals surface area contributed by atoms with Crippen LogP contribution in [0.1, 0.15) is 32.3 Å². The minimum atomic E-state index is -0.331. The van der Waals surface area contributed by atoms with Gasteiger partial charge >= 0.3 is 0 Å². The van der Waals surface area contributed by atoms with E-state index in [0.29, 0.717) is 5.92 Å². The first-order chi connectivity index (χ1) is 8.04. The average Bonchev–Trinajstić information content (AvgIpc) is 3.08. The van der Waals surface area contributed by atoms with Crippen molar-refractivity contribution in [2.24, 2.45) is 5.92 Å². The summed E-state index contributed by atoms with van der Waals surface area (Å²) < 4.78 is 0. The summed E-state index contributed by atoms with van der Waals surface area (Å²) in [4.78, 5) is 12.1. The number of hydrogen-bond donors (Lipinski definition) is 2. The van der Waals surface area contributed by atoms with E-state index in [4.69, 9.17) is 0 Å². The number of phenols is 1. The minimum absolute atomic E-state index is 0.122. The van der Waals surface area contributed by atoms with E-state index >= 15 is 0 Å². The average molecular weight is 233 g/mol. The smallest absolute Gasteiger partial charge is 0.230 e. The maximum atomic E-state index is 12.1. The number of benzene rings is 1. The molecular formula is C14H19NO2. The van der Waals surface area contributed by atoms with E-state index in [1.807, 2.05) is 12.1 Å². The first kappa shape index (κ1) is 12.0. The zero-order valence-electron chi connectivity index (χ0n) is 10.4. The molecule has 3 nitrogen and oxygen atoms in total. The lowest BCUT2D eigenvalue weighted by molar-refractivity contribution is -0.123. The van der Waals surface area contributed by atoms with Crippen molar-refractivity contribution < 1.29 is 9.90 Å². The number of carbonyl (C=O) groups is 1. The van der Waals surface area contributed by atoms with Crippen LogP contribution in [0.5, 0.6) is 5.75 Å². The summed E-state index contributed by atoms with van der Waals surface area (Å²) in [6.07, 6.45) is 1.81. The van der Waals surface area contributed by atoms with E-state index < -0.39 is 0 Å². The highest BCUT2D eigenvalue weighted by Gasteiger charge is 2.50. The van der Waals surface area contributed by atoms with Gasteiger partial charge in [-0.3, -0.25) is 4.79 Å². The standard InChI is InChI=1S/C14H19NO2/c1-10(2)9-15-13(17)14(7-8-14)11-3-5-12(16)6-4-11/h3-6,10,16H,7-9H2,1-2H3,(H,15,17). The Labute approximate surface area is 102 Å². The lowest BCUT2D eigenvalue weighted by Crippen LogP contribution is -2.36. The molecule has 1 amide bonds.